The predicted octanol–water partition coefficient (Wildman–Crippen LogP) is 2.57. The van der Waals surface area contributed by atoms with Gasteiger partial charge in [0, 0.05) is 13.2 Å². The van der Waals surface area contributed by atoms with Crippen LogP contribution in [0.2, 0.25) is 0 Å². The summed E-state index contributed by atoms with van der Waals surface area (Å²) >= 11 is 0. The fraction of sp³-hybridized carbons (Fsp3) is 0.571. The van der Waals surface area contributed by atoms with Crippen molar-refractivity contribution in [3.05, 3.63) is 29.8 Å². The van der Waals surface area contributed by atoms with Gasteiger partial charge in [0.05, 0.1) is 4.90 Å². The Morgan fingerprint density at radius 2 is 1.89 bits per heavy atom. The topological polar surface area (TPSA) is 46.6 Å². The Morgan fingerprint density at radius 3 is 2.42 bits per heavy atom. The molecule has 0 N–H and O–H groups in total. The monoisotopic (exact) mass is 283 g/mol. The van der Waals surface area contributed by atoms with Crippen LogP contribution >= 0.6 is 0 Å². The molecule has 0 radical (unpaired) electrons. The molecule has 0 aromatic heterocycles. The van der Waals surface area contributed by atoms with Crippen LogP contribution < -0.4 is 0 Å². The Balaban J connectivity index is 2.28. The average molecular weight is 283 g/mol. The van der Waals surface area contributed by atoms with Crippen molar-refractivity contribution >= 4 is 10.0 Å². The summed E-state index contributed by atoms with van der Waals surface area (Å²) in [5.41, 5.74) is 1.14. The summed E-state index contributed by atoms with van der Waals surface area (Å²) in [6.45, 7) is 7.10. The molecule has 1 unspecified atom stereocenters. The van der Waals surface area contributed by atoms with Crippen LogP contribution in [0.15, 0.2) is 29.2 Å². The van der Waals surface area contributed by atoms with E-state index in [1.807, 2.05) is 12.1 Å². The molecule has 1 atom stereocenters. The summed E-state index contributed by atoms with van der Waals surface area (Å²) in [6, 6.07) is 7.14. The van der Waals surface area contributed by atoms with Gasteiger partial charge in [-0.25, -0.2) is 8.42 Å². The van der Waals surface area contributed by atoms with Crippen molar-refractivity contribution in [3.63, 3.8) is 0 Å². The van der Waals surface area contributed by atoms with Crippen molar-refractivity contribution in [1.29, 1.82) is 0 Å². The number of hydrogen-bond donors (Lipinski definition) is 0. The van der Waals surface area contributed by atoms with Gasteiger partial charge in [-0.2, -0.15) is 4.31 Å². The quantitative estimate of drug-likeness (QED) is 0.856. The molecule has 2 rings (SSSR count). The van der Waals surface area contributed by atoms with Gasteiger partial charge in [-0.05, 0) is 37.0 Å². The van der Waals surface area contributed by atoms with Crippen LogP contribution in [0.3, 0.4) is 0 Å². The van der Waals surface area contributed by atoms with Gasteiger partial charge in [0.25, 0.3) is 0 Å². The Hall–Kier alpha value is -0.910. The van der Waals surface area contributed by atoms with Crippen LogP contribution in [-0.2, 0) is 14.8 Å². The molecule has 1 aromatic rings. The zero-order valence-electron chi connectivity index (χ0n) is 11.7. The van der Waals surface area contributed by atoms with Crippen LogP contribution in [0.25, 0.3) is 0 Å². The second-order valence-corrected chi connectivity index (χ2v) is 7.05. The predicted molar refractivity (Wildman–Crippen MR) is 74.5 cm³/mol. The maximum absolute atomic E-state index is 12.5. The zero-order chi connectivity index (χ0) is 14.0. The SMILES string of the molecule is CC(C)c1ccc(S(=O)(=O)N2CCCOC2C)cc1. The van der Waals surface area contributed by atoms with Gasteiger partial charge in [0.2, 0.25) is 10.0 Å². The molecule has 1 aromatic carbocycles. The summed E-state index contributed by atoms with van der Waals surface area (Å²) in [7, 11) is -3.45. The smallest absolute Gasteiger partial charge is 0.245 e. The average Bonchev–Trinajstić information content (AvgIpc) is 2.39. The number of rotatable bonds is 3. The first-order valence-electron chi connectivity index (χ1n) is 6.66. The van der Waals surface area contributed by atoms with Crippen molar-refractivity contribution in [1.82, 2.24) is 4.31 Å². The van der Waals surface area contributed by atoms with Crippen molar-refractivity contribution in [2.24, 2.45) is 0 Å². The van der Waals surface area contributed by atoms with E-state index < -0.39 is 10.0 Å². The van der Waals surface area contributed by atoms with E-state index in [2.05, 4.69) is 13.8 Å². The molecule has 4 nitrogen and oxygen atoms in total. The number of sulfonamides is 1. The number of nitrogens with zero attached hydrogens (tertiary/aromatic N) is 1. The molecular formula is C14H21NO3S. The molecule has 0 spiro atoms. The van der Waals surface area contributed by atoms with E-state index in [9.17, 15) is 8.42 Å². The maximum Gasteiger partial charge on any atom is 0.245 e. The number of ether oxygens (including phenoxy) is 1. The van der Waals surface area contributed by atoms with E-state index in [0.717, 1.165) is 12.0 Å². The Bertz CT molecular complexity index is 522. The van der Waals surface area contributed by atoms with Gasteiger partial charge in [0.15, 0.2) is 0 Å². The summed E-state index contributed by atoms with van der Waals surface area (Å²) < 4.78 is 31.9. The lowest BCUT2D eigenvalue weighted by Gasteiger charge is -2.32. The number of hydrogen-bond acceptors (Lipinski definition) is 3. The van der Waals surface area contributed by atoms with Crippen LogP contribution in [0.4, 0.5) is 0 Å². The van der Waals surface area contributed by atoms with Gasteiger partial charge >= 0.3 is 0 Å². The normalized spacial score (nSPS) is 21.8. The van der Waals surface area contributed by atoms with Crippen LogP contribution in [0.1, 0.15) is 38.7 Å². The highest BCUT2D eigenvalue weighted by Crippen LogP contribution is 2.23. The molecule has 1 heterocycles. The van der Waals surface area contributed by atoms with E-state index in [4.69, 9.17) is 4.74 Å². The van der Waals surface area contributed by atoms with E-state index in [-0.39, 0.29) is 6.23 Å². The van der Waals surface area contributed by atoms with E-state index in [1.165, 1.54) is 4.31 Å². The highest BCUT2D eigenvalue weighted by Gasteiger charge is 2.31. The number of benzene rings is 1. The molecule has 1 saturated heterocycles. The maximum atomic E-state index is 12.5. The lowest BCUT2D eigenvalue weighted by atomic mass is 10.0. The molecule has 1 fully saturated rings. The summed E-state index contributed by atoms with van der Waals surface area (Å²) in [5.74, 6) is 0.397. The summed E-state index contributed by atoms with van der Waals surface area (Å²) in [5, 5.41) is 0. The van der Waals surface area contributed by atoms with Crippen molar-refractivity contribution < 1.29 is 13.2 Å². The molecule has 0 bridgehead atoms. The molecule has 106 valence electrons. The standard InChI is InChI=1S/C14H21NO3S/c1-11(2)13-5-7-14(8-6-13)19(16,17)15-9-4-10-18-12(15)3/h5-8,11-12H,4,9-10H2,1-3H3. The third kappa shape index (κ3) is 2.99. The third-order valence-electron chi connectivity index (χ3n) is 3.44. The summed E-state index contributed by atoms with van der Waals surface area (Å²) in [4.78, 5) is 0.342. The first-order chi connectivity index (χ1) is 8.93. The first kappa shape index (κ1) is 14.5. The highest BCUT2D eigenvalue weighted by molar-refractivity contribution is 7.89. The molecular weight excluding hydrogens is 262 g/mol. The fourth-order valence-corrected chi connectivity index (χ4v) is 3.79. The minimum atomic E-state index is -3.45. The molecule has 0 amide bonds. The van der Waals surface area contributed by atoms with E-state index >= 15 is 0 Å². The van der Waals surface area contributed by atoms with Gasteiger partial charge < -0.3 is 4.74 Å². The molecule has 0 aliphatic carbocycles. The largest absolute Gasteiger partial charge is 0.362 e. The second kappa shape index (κ2) is 5.61. The fourth-order valence-electron chi connectivity index (χ4n) is 2.21. The van der Waals surface area contributed by atoms with Gasteiger partial charge in [-0.1, -0.05) is 26.0 Å². The van der Waals surface area contributed by atoms with Crippen LogP contribution in [0, 0.1) is 0 Å². The van der Waals surface area contributed by atoms with Crippen molar-refractivity contribution in [2.45, 2.75) is 44.2 Å². The highest BCUT2D eigenvalue weighted by atomic mass is 32.2. The Labute approximate surface area is 115 Å². The van der Waals surface area contributed by atoms with Crippen LogP contribution in [0.5, 0.6) is 0 Å². The van der Waals surface area contributed by atoms with Crippen molar-refractivity contribution in [3.8, 4) is 0 Å². The third-order valence-corrected chi connectivity index (χ3v) is 5.41. The van der Waals surface area contributed by atoms with Gasteiger partial charge in [-0.3, -0.25) is 0 Å². The minimum Gasteiger partial charge on any atom is -0.362 e. The second-order valence-electron chi connectivity index (χ2n) is 5.16. The lowest BCUT2D eigenvalue weighted by Crippen LogP contribution is -2.44. The Morgan fingerprint density at radius 1 is 1.26 bits per heavy atom. The zero-order valence-corrected chi connectivity index (χ0v) is 12.5. The summed E-state index contributed by atoms with van der Waals surface area (Å²) in [6.07, 6.45) is 0.358. The Kier molecular flexibility index (Phi) is 4.28. The van der Waals surface area contributed by atoms with E-state index in [0.29, 0.717) is 24.0 Å². The first-order valence-corrected chi connectivity index (χ1v) is 8.10. The molecule has 5 heteroatoms. The van der Waals surface area contributed by atoms with Crippen LogP contribution in [-0.4, -0.2) is 32.1 Å². The van der Waals surface area contributed by atoms with Crippen molar-refractivity contribution in [2.75, 3.05) is 13.2 Å². The molecule has 1 aliphatic heterocycles. The van der Waals surface area contributed by atoms with Gasteiger partial charge in [0.1, 0.15) is 6.23 Å². The van der Waals surface area contributed by atoms with E-state index in [1.54, 1.807) is 19.1 Å². The lowest BCUT2D eigenvalue weighted by molar-refractivity contribution is -0.0410. The van der Waals surface area contributed by atoms with Gasteiger partial charge in [-0.15, -0.1) is 0 Å². The minimum absolute atomic E-state index is 0.342. The molecule has 1 aliphatic rings. The molecule has 0 saturated carbocycles. The molecule has 19 heavy (non-hydrogen) atoms.